The van der Waals surface area contributed by atoms with Gasteiger partial charge in [0.25, 0.3) is 11.6 Å². The van der Waals surface area contributed by atoms with Crippen molar-refractivity contribution in [1.29, 1.82) is 0 Å². The van der Waals surface area contributed by atoms with Crippen molar-refractivity contribution in [1.82, 2.24) is 24.5 Å². The molecular formula is C28H25N7O3. The Balaban J connectivity index is 1.36. The van der Waals surface area contributed by atoms with Gasteiger partial charge in [-0.1, -0.05) is 48.5 Å². The second-order valence-corrected chi connectivity index (χ2v) is 9.37. The summed E-state index contributed by atoms with van der Waals surface area (Å²) in [5.41, 5.74) is 3.30. The van der Waals surface area contributed by atoms with Crippen LogP contribution in [0.2, 0.25) is 0 Å². The van der Waals surface area contributed by atoms with Gasteiger partial charge in [-0.2, -0.15) is 0 Å². The van der Waals surface area contributed by atoms with Gasteiger partial charge in [0.2, 0.25) is 5.95 Å². The molecule has 0 saturated carbocycles. The van der Waals surface area contributed by atoms with E-state index in [1.54, 1.807) is 24.0 Å². The predicted molar refractivity (Wildman–Crippen MR) is 144 cm³/mol. The summed E-state index contributed by atoms with van der Waals surface area (Å²) in [4.78, 5) is 33.2. The molecule has 190 valence electrons. The third-order valence-electron chi connectivity index (χ3n) is 6.98. The van der Waals surface area contributed by atoms with E-state index in [-0.39, 0.29) is 11.6 Å². The van der Waals surface area contributed by atoms with Crippen LogP contribution in [0.3, 0.4) is 0 Å². The monoisotopic (exact) mass is 507 g/mol. The molecule has 38 heavy (non-hydrogen) atoms. The normalized spacial score (nSPS) is 14.1. The molecule has 3 heterocycles. The number of aryl methyl sites for hydroxylation is 1. The van der Waals surface area contributed by atoms with Gasteiger partial charge in [-0.3, -0.25) is 14.9 Å². The molecule has 6 rings (SSSR count). The van der Waals surface area contributed by atoms with Crippen molar-refractivity contribution in [2.45, 2.75) is 13.3 Å². The molecule has 1 saturated heterocycles. The number of benzene rings is 3. The van der Waals surface area contributed by atoms with Crippen LogP contribution in [-0.4, -0.2) is 61.5 Å². The first-order valence-corrected chi connectivity index (χ1v) is 12.5. The Morgan fingerprint density at radius 1 is 0.921 bits per heavy atom. The first kappa shape index (κ1) is 23.5. The van der Waals surface area contributed by atoms with Gasteiger partial charge in [0.05, 0.1) is 10.4 Å². The number of rotatable bonds is 4. The first-order valence-electron chi connectivity index (χ1n) is 12.5. The van der Waals surface area contributed by atoms with Crippen LogP contribution in [0.1, 0.15) is 22.3 Å². The minimum atomic E-state index is -0.448. The number of amides is 1. The Hall–Kier alpha value is -4.86. The van der Waals surface area contributed by atoms with Gasteiger partial charge in [-0.15, -0.1) is 10.2 Å². The zero-order valence-corrected chi connectivity index (χ0v) is 20.8. The molecule has 0 aliphatic carbocycles. The molecule has 10 nitrogen and oxygen atoms in total. The van der Waals surface area contributed by atoms with Gasteiger partial charge in [-0.25, -0.2) is 9.38 Å². The number of carbonyl (C=O) groups excluding carboxylic acids is 1. The van der Waals surface area contributed by atoms with Crippen LogP contribution in [0, 0.1) is 17.0 Å². The van der Waals surface area contributed by atoms with E-state index in [4.69, 9.17) is 4.98 Å². The van der Waals surface area contributed by atoms with Crippen molar-refractivity contribution < 1.29 is 9.72 Å². The quantitative estimate of drug-likeness (QED) is 0.260. The number of hydrogen-bond donors (Lipinski definition) is 0. The van der Waals surface area contributed by atoms with Gasteiger partial charge >= 0.3 is 0 Å². The summed E-state index contributed by atoms with van der Waals surface area (Å²) in [6.07, 6.45) is 0.721. The van der Waals surface area contributed by atoms with E-state index in [1.165, 1.54) is 6.07 Å². The fraction of sp³-hybridized carbons (Fsp3) is 0.214. The second kappa shape index (κ2) is 9.55. The molecule has 5 aromatic rings. The predicted octanol–water partition coefficient (Wildman–Crippen LogP) is 4.51. The van der Waals surface area contributed by atoms with Crippen molar-refractivity contribution in [3.05, 3.63) is 94.0 Å². The van der Waals surface area contributed by atoms with Crippen LogP contribution in [0.15, 0.2) is 72.8 Å². The summed E-state index contributed by atoms with van der Waals surface area (Å²) in [6.45, 7) is 3.90. The third kappa shape index (κ3) is 4.09. The maximum absolute atomic E-state index is 13.3. The maximum atomic E-state index is 13.3. The van der Waals surface area contributed by atoms with E-state index in [0.29, 0.717) is 43.1 Å². The molecule has 2 aromatic heterocycles. The number of hydrogen-bond acceptors (Lipinski definition) is 7. The number of fused-ring (bicyclic) bond motifs is 3. The lowest BCUT2D eigenvalue weighted by molar-refractivity contribution is -0.385. The lowest BCUT2D eigenvalue weighted by atomic mass is 10.1. The number of nitro groups is 1. The van der Waals surface area contributed by atoms with E-state index in [2.05, 4.69) is 15.1 Å². The molecule has 1 fully saturated rings. The number of carbonyl (C=O) groups is 1. The van der Waals surface area contributed by atoms with Crippen LogP contribution in [0.25, 0.3) is 27.9 Å². The van der Waals surface area contributed by atoms with Crippen molar-refractivity contribution in [2.24, 2.45) is 0 Å². The zero-order valence-electron chi connectivity index (χ0n) is 20.8. The molecule has 0 radical (unpaired) electrons. The van der Waals surface area contributed by atoms with E-state index in [1.807, 2.05) is 59.0 Å². The minimum Gasteiger partial charge on any atom is -0.340 e. The topological polar surface area (TPSA) is 110 Å². The van der Waals surface area contributed by atoms with Crippen LogP contribution < -0.4 is 4.90 Å². The van der Waals surface area contributed by atoms with Gasteiger partial charge in [0.15, 0.2) is 11.5 Å². The van der Waals surface area contributed by atoms with Crippen molar-refractivity contribution >= 4 is 34.1 Å². The fourth-order valence-corrected chi connectivity index (χ4v) is 4.99. The minimum absolute atomic E-state index is 0.0453. The Bertz CT molecular complexity index is 1680. The molecule has 0 atom stereocenters. The second-order valence-electron chi connectivity index (χ2n) is 9.37. The van der Waals surface area contributed by atoms with Crippen LogP contribution >= 0.6 is 0 Å². The molecule has 1 aliphatic heterocycles. The largest absolute Gasteiger partial charge is 0.340 e. The highest BCUT2D eigenvalue weighted by Crippen LogP contribution is 2.29. The molecule has 0 unspecified atom stereocenters. The Morgan fingerprint density at radius 2 is 1.71 bits per heavy atom. The van der Waals surface area contributed by atoms with E-state index < -0.39 is 4.92 Å². The lowest BCUT2D eigenvalue weighted by Crippen LogP contribution is -2.36. The fourth-order valence-electron chi connectivity index (χ4n) is 4.99. The van der Waals surface area contributed by atoms with Crippen LogP contribution in [0.5, 0.6) is 0 Å². The van der Waals surface area contributed by atoms with Gasteiger partial charge in [-0.05, 0) is 31.5 Å². The molecule has 0 N–H and O–H groups in total. The van der Waals surface area contributed by atoms with Crippen molar-refractivity contribution in [2.75, 3.05) is 31.1 Å². The third-order valence-corrected chi connectivity index (χ3v) is 6.98. The number of aromatic nitrogens is 4. The Labute approximate surface area is 218 Å². The SMILES string of the molecule is Cc1ccc(C(=O)N2CCCN(c3nc4ccccc4c4nnc(-c5ccccc5)n34)CC2)cc1[N+](=O)[O-]. The molecule has 10 heteroatoms. The lowest BCUT2D eigenvalue weighted by Gasteiger charge is -2.24. The summed E-state index contributed by atoms with van der Waals surface area (Å²) >= 11 is 0. The maximum Gasteiger partial charge on any atom is 0.273 e. The summed E-state index contributed by atoms with van der Waals surface area (Å²) in [7, 11) is 0. The molecule has 1 amide bonds. The van der Waals surface area contributed by atoms with Crippen molar-refractivity contribution in [3.8, 4) is 11.4 Å². The van der Waals surface area contributed by atoms with E-state index >= 15 is 0 Å². The molecule has 0 spiro atoms. The molecule has 0 bridgehead atoms. The highest BCUT2D eigenvalue weighted by molar-refractivity contribution is 5.95. The highest BCUT2D eigenvalue weighted by atomic mass is 16.6. The molecular weight excluding hydrogens is 482 g/mol. The Morgan fingerprint density at radius 3 is 2.53 bits per heavy atom. The van der Waals surface area contributed by atoms with Crippen molar-refractivity contribution in [3.63, 3.8) is 0 Å². The van der Waals surface area contributed by atoms with Crippen LogP contribution in [0.4, 0.5) is 11.6 Å². The standard InChI is InChI=1S/C28H25N7O3/c1-19-12-13-21(18-24(19)35(37)38)27(36)32-14-7-15-33(17-16-32)28-29-23-11-6-5-10-22(23)26-31-30-25(34(26)28)20-8-3-2-4-9-20/h2-6,8-13,18H,7,14-17H2,1H3. The zero-order chi connectivity index (χ0) is 26.2. The van der Waals surface area contributed by atoms with Crippen LogP contribution in [-0.2, 0) is 0 Å². The summed E-state index contributed by atoms with van der Waals surface area (Å²) in [5, 5.41) is 21.4. The number of anilines is 1. The van der Waals surface area contributed by atoms with Gasteiger partial charge < -0.3 is 9.80 Å². The Kier molecular flexibility index (Phi) is 5.91. The summed E-state index contributed by atoms with van der Waals surface area (Å²) in [6, 6.07) is 22.4. The van der Waals surface area contributed by atoms with E-state index in [0.717, 1.165) is 34.5 Å². The summed E-state index contributed by atoms with van der Waals surface area (Å²) in [5.74, 6) is 1.22. The average molecular weight is 508 g/mol. The van der Waals surface area contributed by atoms with Gasteiger partial charge in [0.1, 0.15) is 0 Å². The number of nitro benzene ring substituents is 1. The smallest absolute Gasteiger partial charge is 0.273 e. The highest BCUT2D eigenvalue weighted by Gasteiger charge is 2.26. The first-order chi connectivity index (χ1) is 18.5. The van der Waals surface area contributed by atoms with E-state index in [9.17, 15) is 14.9 Å². The number of para-hydroxylation sites is 1. The average Bonchev–Trinajstić information content (AvgIpc) is 3.24. The number of nitrogens with zero attached hydrogens (tertiary/aromatic N) is 7. The molecule has 1 aliphatic rings. The summed E-state index contributed by atoms with van der Waals surface area (Å²) < 4.78 is 2.00. The molecule has 3 aromatic carbocycles. The van der Waals surface area contributed by atoms with Gasteiger partial charge in [0, 0.05) is 54.3 Å².